The fraction of sp³-hybridized carbons (Fsp3) is 0.625. The van der Waals surface area contributed by atoms with E-state index in [1.165, 1.54) is 0 Å². The highest BCUT2D eigenvalue weighted by Gasteiger charge is 2.50. The molecule has 0 aliphatic carbocycles. The third-order valence-corrected chi connectivity index (χ3v) is 2.78. The first-order valence-electron chi connectivity index (χ1n) is 4.53. The van der Waals surface area contributed by atoms with Crippen LogP contribution in [0.15, 0.2) is 0 Å². The summed E-state index contributed by atoms with van der Waals surface area (Å²) in [6.45, 7) is 1.24. The lowest BCUT2D eigenvalue weighted by atomic mass is 9.76. The first-order valence-corrected chi connectivity index (χ1v) is 4.53. The summed E-state index contributed by atoms with van der Waals surface area (Å²) in [5.74, 6) is -0.930. The van der Waals surface area contributed by atoms with Gasteiger partial charge in [-0.25, -0.2) is 4.79 Å². The Morgan fingerprint density at radius 2 is 1.43 bits per heavy atom. The van der Waals surface area contributed by atoms with Crippen molar-refractivity contribution >= 4 is 17.8 Å². The summed E-state index contributed by atoms with van der Waals surface area (Å²) in [7, 11) is 0. The minimum absolute atomic E-state index is 0.442. The Kier molecular flexibility index (Phi) is 1.99. The lowest BCUT2D eigenvalue weighted by molar-refractivity contribution is -0.146. The van der Waals surface area contributed by atoms with E-state index in [1.807, 2.05) is 0 Å². The van der Waals surface area contributed by atoms with Crippen LogP contribution in [0.4, 0.5) is 4.79 Å². The second-order valence-corrected chi connectivity index (χ2v) is 3.57. The van der Waals surface area contributed by atoms with Crippen LogP contribution < -0.4 is 16.0 Å². The van der Waals surface area contributed by atoms with Crippen molar-refractivity contribution in [2.45, 2.75) is 12.8 Å². The molecular weight excluding hydrogens is 186 g/mol. The van der Waals surface area contributed by atoms with E-state index in [0.717, 1.165) is 0 Å². The number of rotatable bonds is 0. The molecule has 6 heteroatoms. The first kappa shape index (κ1) is 9.14. The van der Waals surface area contributed by atoms with Crippen molar-refractivity contribution in [1.29, 1.82) is 0 Å². The molecule has 4 amide bonds. The van der Waals surface area contributed by atoms with Gasteiger partial charge in [0.2, 0.25) is 11.8 Å². The van der Waals surface area contributed by atoms with E-state index in [4.69, 9.17) is 0 Å². The van der Waals surface area contributed by atoms with Gasteiger partial charge in [-0.05, 0) is 25.9 Å². The number of hydrogen-bond acceptors (Lipinski definition) is 4. The fourth-order valence-corrected chi connectivity index (χ4v) is 1.89. The normalized spacial score (nSPS) is 25.9. The van der Waals surface area contributed by atoms with Crippen molar-refractivity contribution in [3.8, 4) is 0 Å². The summed E-state index contributed by atoms with van der Waals surface area (Å²) < 4.78 is 0. The number of imide groups is 2. The Balaban J connectivity index is 2.27. The van der Waals surface area contributed by atoms with E-state index in [-0.39, 0.29) is 0 Å². The van der Waals surface area contributed by atoms with Gasteiger partial charge in [0.1, 0.15) is 5.41 Å². The predicted octanol–water partition coefficient (Wildman–Crippen LogP) is -1.28. The first-order chi connectivity index (χ1) is 6.65. The van der Waals surface area contributed by atoms with Crippen LogP contribution in [0.5, 0.6) is 0 Å². The van der Waals surface area contributed by atoms with Crippen LogP contribution in [0.3, 0.4) is 0 Å². The number of nitrogens with one attached hydrogen (secondary N) is 3. The van der Waals surface area contributed by atoms with Crippen molar-refractivity contribution in [1.82, 2.24) is 16.0 Å². The van der Waals surface area contributed by atoms with Gasteiger partial charge in [-0.2, -0.15) is 0 Å². The number of hydrogen-bond donors (Lipinski definition) is 3. The summed E-state index contributed by atoms with van der Waals surface area (Å²) >= 11 is 0. The summed E-state index contributed by atoms with van der Waals surface area (Å²) in [5.41, 5.74) is -1.03. The quantitative estimate of drug-likeness (QED) is 0.422. The molecule has 0 radical (unpaired) electrons. The van der Waals surface area contributed by atoms with E-state index in [0.29, 0.717) is 25.9 Å². The highest BCUT2D eigenvalue weighted by molar-refractivity contribution is 6.19. The number of carbonyl (C=O) groups is 3. The number of carbonyl (C=O) groups excluding carboxylic acids is 3. The van der Waals surface area contributed by atoms with E-state index >= 15 is 0 Å². The highest BCUT2D eigenvalue weighted by atomic mass is 16.2. The van der Waals surface area contributed by atoms with E-state index in [9.17, 15) is 14.4 Å². The molecule has 6 nitrogen and oxygen atoms in total. The molecule has 0 aromatic heterocycles. The average Bonchev–Trinajstić information content (AvgIpc) is 2.16. The molecule has 0 unspecified atom stereocenters. The SMILES string of the molecule is O=C1NC(=O)C2(CCNCC2)C(=O)N1. The van der Waals surface area contributed by atoms with E-state index < -0.39 is 23.3 Å². The minimum atomic E-state index is -1.03. The second kappa shape index (κ2) is 3.06. The fourth-order valence-electron chi connectivity index (χ4n) is 1.89. The Morgan fingerprint density at radius 3 is 1.93 bits per heavy atom. The second-order valence-electron chi connectivity index (χ2n) is 3.57. The molecule has 1 spiro atoms. The zero-order valence-electron chi connectivity index (χ0n) is 7.55. The molecular formula is C8H11N3O3. The average molecular weight is 197 g/mol. The number of piperidine rings is 1. The maximum absolute atomic E-state index is 11.6. The van der Waals surface area contributed by atoms with Gasteiger partial charge in [0.25, 0.3) is 0 Å². The van der Waals surface area contributed by atoms with Gasteiger partial charge < -0.3 is 5.32 Å². The molecule has 0 aromatic carbocycles. The van der Waals surface area contributed by atoms with Gasteiger partial charge in [0.05, 0.1) is 0 Å². The molecule has 14 heavy (non-hydrogen) atoms. The van der Waals surface area contributed by atoms with Gasteiger partial charge in [-0.15, -0.1) is 0 Å². The van der Waals surface area contributed by atoms with Crippen LogP contribution in [-0.2, 0) is 9.59 Å². The molecule has 2 aliphatic heterocycles. The molecule has 2 saturated heterocycles. The predicted molar refractivity (Wildman–Crippen MR) is 46.2 cm³/mol. The van der Waals surface area contributed by atoms with Gasteiger partial charge in [0, 0.05) is 0 Å². The maximum atomic E-state index is 11.6. The van der Waals surface area contributed by atoms with Crippen molar-refractivity contribution < 1.29 is 14.4 Å². The van der Waals surface area contributed by atoms with E-state index in [2.05, 4.69) is 16.0 Å². The molecule has 2 fully saturated rings. The molecule has 2 aliphatic rings. The molecule has 2 heterocycles. The van der Waals surface area contributed by atoms with Gasteiger partial charge >= 0.3 is 6.03 Å². The zero-order chi connectivity index (χ0) is 10.2. The molecule has 0 saturated carbocycles. The lowest BCUT2D eigenvalue weighted by Crippen LogP contribution is -2.64. The highest BCUT2D eigenvalue weighted by Crippen LogP contribution is 2.30. The standard InChI is InChI=1S/C8H11N3O3/c12-5-8(1-3-9-4-2-8)6(13)11-7(14)10-5/h9H,1-4H2,(H2,10,11,12,13,14). The Labute approximate surface area is 80.4 Å². The largest absolute Gasteiger partial charge is 0.328 e. The van der Waals surface area contributed by atoms with Crippen LogP contribution in [0.1, 0.15) is 12.8 Å². The molecule has 0 bridgehead atoms. The molecule has 76 valence electrons. The zero-order valence-corrected chi connectivity index (χ0v) is 7.55. The van der Waals surface area contributed by atoms with Crippen LogP contribution in [0.2, 0.25) is 0 Å². The van der Waals surface area contributed by atoms with Crippen molar-refractivity contribution in [2.24, 2.45) is 5.41 Å². The minimum Gasteiger partial charge on any atom is -0.317 e. The van der Waals surface area contributed by atoms with Crippen molar-refractivity contribution in [2.75, 3.05) is 13.1 Å². The van der Waals surface area contributed by atoms with Crippen LogP contribution in [0, 0.1) is 5.41 Å². The molecule has 2 rings (SSSR count). The van der Waals surface area contributed by atoms with Crippen LogP contribution in [-0.4, -0.2) is 30.9 Å². The van der Waals surface area contributed by atoms with Crippen LogP contribution in [0.25, 0.3) is 0 Å². The summed E-state index contributed by atoms with van der Waals surface area (Å²) in [5, 5.41) is 7.33. The van der Waals surface area contributed by atoms with E-state index in [1.54, 1.807) is 0 Å². The number of amides is 4. The lowest BCUT2D eigenvalue weighted by Gasteiger charge is -2.36. The summed E-state index contributed by atoms with van der Waals surface area (Å²) in [6, 6.07) is -0.718. The smallest absolute Gasteiger partial charge is 0.317 e. The number of barbiturate groups is 1. The topological polar surface area (TPSA) is 87.3 Å². The summed E-state index contributed by atoms with van der Waals surface area (Å²) in [6.07, 6.45) is 0.885. The van der Waals surface area contributed by atoms with Gasteiger partial charge in [-0.3, -0.25) is 20.2 Å². The van der Waals surface area contributed by atoms with Crippen molar-refractivity contribution in [3.63, 3.8) is 0 Å². The summed E-state index contributed by atoms with van der Waals surface area (Å²) in [4.78, 5) is 34.0. The van der Waals surface area contributed by atoms with Gasteiger partial charge in [0.15, 0.2) is 0 Å². The molecule has 0 atom stereocenters. The molecule has 3 N–H and O–H groups in total. The molecule has 0 aromatic rings. The number of urea groups is 1. The third-order valence-electron chi connectivity index (χ3n) is 2.78. The Hall–Kier alpha value is -1.43. The van der Waals surface area contributed by atoms with Crippen LogP contribution >= 0.6 is 0 Å². The maximum Gasteiger partial charge on any atom is 0.328 e. The van der Waals surface area contributed by atoms with Gasteiger partial charge in [-0.1, -0.05) is 0 Å². The Morgan fingerprint density at radius 1 is 0.929 bits per heavy atom. The third kappa shape index (κ3) is 1.19. The van der Waals surface area contributed by atoms with Crippen molar-refractivity contribution in [3.05, 3.63) is 0 Å². The monoisotopic (exact) mass is 197 g/mol. The Bertz CT molecular complexity index is 285.